The summed E-state index contributed by atoms with van der Waals surface area (Å²) in [5.41, 5.74) is 0. The molecule has 12 N–H and O–H groups in total. The lowest BCUT2D eigenvalue weighted by Crippen LogP contribution is -2.68. The number of hydrogen-bond acceptors (Lipinski definition) is 26. The van der Waals surface area contributed by atoms with Crippen molar-refractivity contribution in [2.75, 3.05) is 68.6 Å². The van der Waals surface area contributed by atoms with Crippen molar-refractivity contribution in [3.05, 3.63) is 0 Å². The minimum absolute atomic E-state index is 0.669. The van der Waals surface area contributed by atoms with E-state index in [1.165, 1.54) is 35.5 Å². The highest BCUT2D eigenvalue weighted by Gasteiger charge is 2.57. The second-order valence-electron chi connectivity index (χ2n) is 15.0. The minimum Gasteiger partial charge on any atom is -0.394 e. The summed E-state index contributed by atoms with van der Waals surface area (Å²) in [5, 5.41) is 127. The van der Waals surface area contributed by atoms with Gasteiger partial charge < -0.3 is 128 Å². The minimum atomic E-state index is -1.77. The molecule has 5 heterocycles. The van der Waals surface area contributed by atoms with E-state index < -0.39 is 187 Å². The van der Waals surface area contributed by atoms with E-state index in [1.807, 2.05) is 0 Å². The van der Waals surface area contributed by atoms with Gasteiger partial charge in [-0.15, -0.1) is 0 Å². The molecule has 358 valence electrons. The summed E-state index contributed by atoms with van der Waals surface area (Å²) < 4.78 is 79.5. The molecule has 5 aliphatic rings. The van der Waals surface area contributed by atoms with Crippen molar-refractivity contribution in [2.45, 2.75) is 154 Å². The highest BCUT2D eigenvalue weighted by molar-refractivity contribution is 5.00. The van der Waals surface area contributed by atoms with Gasteiger partial charge in [-0.25, -0.2) is 0 Å². The molecule has 26 heteroatoms. The molecule has 0 aromatic rings. The van der Waals surface area contributed by atoms with Gasteiger partial charge in [0.25, 0.3) is 0 Å². The fourth-order valence-electron chi connectivity index (χ4n) is 8.32. The van der Waals surface area contributed by atoms with Crippen LogP contribution in [0.15, 0.2) is 0 Å². The fraction of sp³-hybridized carbons (Fsp3) is 1.00. The van der Waals surface area contributed by atoms with E-state index in [1.54, 1.807) is 0 Å². The lowest BCUT2D eigenvalue weighted by molar-refractivity contribution is -0.395. The molecular weight excluding hydrogens is 836 g/mol. The van der Waals surface area contributed by atoms with Crippen LogP contribution in [0.2, 0.25) is 0 Å². The van der Waals surface area contributed by atoms with Gasteiger partial charge in [0.15, 0.2) is 31.5 Å². The monoisotopic (exact) mass is 898 g/mol. The standard InChI is InChI=1S/C35H62O26/c1-48-26-16(41)11(6-36)54-32(18(26)43)59-23-13(8-38)56-34(20(45)28(23)50-3)61-25-15(10-40)57-35(21(46)30(25)52-5)60-24-14(9-39)55-33(19(44)29(24)51-4)58-22-12(7-37)53-31(47)17(42)27(22)49-2/h11-47H,6-10H2,1-5H3/t11-,12-,13-,14-,15-,16-,17+,18+,19+,20+,21+,22-,23-,24-,25-,26+,27-,28-,29-,30-,31?,32-,33-,34-,35-/m1/s1. The second kappa shape index (κ2) is 22.9. The molecule has 0 radical (unpaired) electrons. The summed E-state index contributed by atoms with van der Waals surface area (Å²) in [4.78, 5) is 0. The van der Waals surface area contributed by atoms with Crippen molar-refractivity contribution in [1.82, 2.24) is 0 Å². The first-order chi connectivity index (χ1) is 29.2. The topological polar surface area (TPSA) is 372 Å². The summed E-state index contributed by atoms with van der Waals surface area (Å²) in [6, 6.07) is 0. The molecule has 0 aliphatic carbocycles. The lowest BCUT2D eigenvalue weighted by Gasteiger charge is -2.50. The molecule has 61 heavy (non-hydrogen) atoms. The van der Waals surface area contributed by atoms with Crippen LogP contribution < -0.4 is 0 Å². The molecule has 5 saturated heterocycles. The Morgan fingerprint density at radius 1 is 0.295 bits per heavy atom. The summed E-state index contributed by atoms with van der Waals surface area (Å²) in [7, 11) is 6.03. The maximum absolute atomic E-state index is 11.6. The van der Waals surface area contributed by atoms with Crippen LogP contribution in [0.4, 0.5) is 0 Å². The Balaban J connectivity index is 1.29. The maximum atomic E-state index is 11.6. The van der Waals surface area contributed by atoms with Crippen LogP contribution in [0.25, 0.3) is 0 Å². The molecule has 0 saturated carbocycles. The Morgan fingerprint density at radius 3 is 0.820 bits per heavy atom. The van der Waals surface area contributed by atoms with Crippen LogP contribution in [-0.4, -0.2) is 283 Å². The van der Waals surface area contributed by atoms with Gasteiger partial charge in [-0.3, -0.25) is 0 Å². The molecule has 0 aromatic heterocycles. The van der Waals surface area contributed by atoms with Gasteiger partial charge in [0, 0.05) is 35.5 Å². The zero-order valence-electron chi connectivity index (χ0n) is 34.1. The molecule has 26 nitrogen and oxygen atoms in total. The van der Waals surface area contributed by atoms with E-state index in [0.29, 0.717) is 0 Å². The molecule has 5 aliphatic heterocycles. The Bertz CT molecular complexity index is 1290. The number of ether oxygens (including phenoxy) is 14. The predicted molar refractivity (Wildman–Crippen MR) is 190 cm³/mol. The third-order valence-corrected chi connectivity index (χ3v) is 11.5. The zero-order chi connectivity index (χ0) is 44.9. The molecule has 25 atom stereocenters. The number of hydrogen-bond donors (Lipinski definition) is 12. The van der Waals surface area contributed by atoms with Gasteiger partial charge in [0.05, 0.1) is 33.0 Å². The molecule has 0 aromatic carbocycles. The highest BCUT2D eigenvalue weighted by atomic mass is 16.8. The van der Waals surface area contributed by atoms with Crippen molar-refractivity contribution >= 4 is 0 Å². The van der Waals surface area contributed by atoms with Crippen molar-refractivity contribution in [2.24, 2.45) is 0 Å². The normalized spacial score (nSPS) is 49.8. The van der Waals surface area contributed by atoms with Crippen LogP contribution in [0.3, 0.4) is 0 Å². The number of methoxy groups -OCH3 is 5. The first kappa shape index (κ1) is 51.0. The SMILES string of the molecule is CO[C@@H]1[C@H](O)[C@@H](O[C@H]2[C@H](OC)[C@H](O)[C@@H](O[C@H]3[C@H](OC)[C@H](O)[C@@H](O[C@H]4[C@H](OC)[C@H](O)[C@@H](O[C@H]5[C@H](OC)[C@H](O)C(O)O[C@@H]5CO)O[C@@H]4CO)O[C@@H]3CO)O[C@@H]2CO)O[C@H](CO)[C@H]1O. The largest absolute Gasteiger partial charge is 0.394 e. The summed E-state index contributed by atoms with van der Waals surface area (Å²) in [6.45, 7) is -3.71. The van der Waals surface area contributed by atoms with Crippen LogP contribution in [-0.2, 0) is 66.3 Å². The van der Waals surface area contributed by atoms with Gasteiger partial charge >= 0.3 is 0 Å². The first-order valence-electron chi connectivity index (χ1n) is 19.6. The molecular formula is C35H62O26. The molecule has 5 fully saturated rings. The summed E-state index contributed by atoms with van der Waals surface area (Å²) in [5.74, 6) is 0. The predicted octanol–water partition coefficient (Wildman–Crippen LogP) is -8.65. The van der Waals surface area contributed by atoms with Crippen molar-refractivity contribution in [1.29, 1.82) is 0 Å². The molecule has 0 spiro atoms. The smallest absolute Gasteiger partial charge is 0.187 e. The average molecular weight is 899 g/mol. The number of aliphatic hydroxyl groups is 12. The first-order valence-corrected chi connectivity index (χ1v) is 19.6. The van der Waals surface area contributed by atoms with Gasteiger partial charge in [0.2, 0.25) is 0 Å². The van der Waals surface area contributed by atoms with E-state index >= 15 is 0 Å². The zero-order valence-corrected chi connectivity index (χ0v) is 34.1. The van der Waals surface area contributed by atoms with Crippen LogP contribution in [0.1, 0.15) is 0 Å². The van der Waals surface area contributed by atoms with Crippen molar-refractivity contribution in [3.63, 3.8) is 0 Å². The van der Waals surface area contributed by atoms with E-state index in [9.17, 15) is 61.3 Å². The van der Waals surface area contributed by atoms with Crippen LogP contribution in [0.5, 0.6) is 0 Å². The van der Waals surface area contributed by atoms with E-state index in [4.69, 9.17) is 66.3 Å². The molecule has 0 bridgehead atoms. The van der Waals surface area contributed by atoms with Gasteiger partial charge in [-0.1, -0.05) is 0 Å². The average Bonchev–Trinajstić information content (AvgIpc) is 3.25. The van der Waals surface area contributed by atoms with Crippen molar-refractivity contribution < 1.29 is 128 Å². The number of rotatable bonds is 18. The van der Waals surface area contributed by atoms with E-state index in [-0.39, 0.29) is 0 Å². The molecule has 0 amide bonds. The Labute approximate surface area is 349 Å². The number of aliphatic hydroxyl groups excluding tert-OH is 12. The van der Waals surface area contributed by atoms with E-state index in [0.717, 1.165) is 0 Å². The quantitative estimate of drug-likeness (QED) is 0.0608. The third-order valence-electron chi connectivity index (χ3n) is 11.5. The summed E-state index contributed by atoms with van der Waals surface area (Å²) >= 11 is 0. The van der Waals surface area contributed by atoms with Gasteiger partial charge in [-0.05, 0) is 0 Å². The van der Waals surface area contributed by atoms with Gasteiger partial charge in [-0.2, -0.15) is 0 Å². The fourth-order valence-corrected chi connectivity index (χ4v) is 8.32. The van der Waals surface area contributed by atoms with E-state index in [2.05, 4.69) is 0 Å². The van der Waals surface area contributed by atoms with Crippen molar-refractivity contribution in [3.8, 4) is 0 Å². The lowest BCUT2D eigenvalue weighted by atomic mass is 9.95. The molecule has 1 unspecified atom stereocenters. The second-order valence-corrected chi connectivity index (χ2v) is 15.0. The molecule has 5 rings (SSSR count). The Kier molecular flexibility index (Phi) is 19.1. The Hall–Kier alpha value is -1.04. The maximum Gasteiger partial charge on any atom is 0.187 e. The summed E-state index contributed by atoms with van der Waals surface area (Å²) in [6.07, 6.45) is -37.0. The van der Waals surface area contributed by atoms with Crippen LogP contribution in [0, 0.1) is 0 Å². The highest BCUT2D eigenvalue weighted by Crippen LogP contribution is 2.37. The third kappa shape index (κ3) is 10.5. The Morgan fingerprint density at radius 2 is 0.541 bits per heavy atom. The van der Waals surface area contributed by atoms with Crippen LogP contribution >= 0.6 is 0 Å². The van der Waals surface area contributed by atoms with Gasteiger partial charge in [0.1, 0.15) is 122 Å².